The molecule has 0 saturated heterocycles. The number of carbonyl (C=O) groups is 1. The van der Waals surface area contributed by atoms with Crippen LogP contribution in [-0.4, -0.2) is 31.4 Å². The second kappa shape index (κ2) is 12.8. The molecule has 0 aliphatic carbocycles. The van der Waals surface area contributed by atoms with E-state index in [4.69, 9.17) is 4.74 Å². The van der Waals surface area contributed by atoms with Gasteiger partial charge >= 0.3 is 0 Å². The molecule has 0 saturated carbocycles. The second-order valence-corrected chi connectivity index (χ2v) is 10.6. The van der Waals surface area contributed by atoms with Crippen LogP contribution in [0.2, 0.25) is 0 Å². The molecule has 0 fully saturated rings. The third-order valence-electron chi connectivity index (χ3n) is 5.73. The molecular formula is C30H29N3O4S. The summed E-state index contributed by atoms with van der Waals surface area (Å²) in [6.07, 6.45) is 1.48. The van der Waals surface area contributed by atoms with Crippen LogP contribution in [0.5, 0.6) is 5.75 Å². The minimum absolute atomic E-state index is 0.0460. The Morgan fingerprint density at radius 1 is 0.842 bits per heavy atom. The number of sulfonamides is 1. The zero-order chi connectivity index (χ0) is 26.8. The highest BCUT2D eigenvalue weighted by Crippen LogP contribution is 2.20. The average Bonchev–Trinajstić information content (AvgIpc) is 2.93. The molecule has 0 bridgehead atoms. The van der Waals surface area contributed by atoms with Gasteiger partial charge in [-0.2, -0.15) is 9.41 Å². The predicted octanol–water partition coefficient (Wildman–Crippen LogP) is 4.92. The molecule has 1 N–H and O–H groups in total. The van der Waals surface area contributed by atoms with E-state index in [2.05, 4.69) is 10.5 Å². The first-order valence-electron chi connectivity index (χ1n) is 12.1. The largest absolute Gasteiger partial charge is 0.488 e. The van der Waals surface area contributed by atoms with E-state index < -0.39 is 22.5 Å². The SMILES string of the molecule is Cc1ccc(S(=O)(=O)N(CC(=O)N/N=C\c2ccccc2OCc2ccccc2)Cc2ccccc2)cc1. The summed E-state index contributed by atoms with van der Waals surface area (Å²) in [5, 5.41) is 4.06. The van der Waals surface area contributed by atoms with Crippen LogP contribution in [0.25, 0.3) is 0 Å². The molecule has 0 unspecified atom stereocenters. The number of hydrogen-bond donors (Lipinski definition) is 1. The zero-order valence-corrected chi connectivity index (χ0v) is 21.8. The summed E-state index contributed by atoms with van der Waals surface area (Å²) >= 11 is 0. The van der Waals surface area contributed by atoms with Gasteiger partial charge in [0, 0.05) is 12.1 Å². The fourth-order valence-electron chi connectivity index (χ4n) is 3.70. The number of hydrogen-bond acceptors (Lipinski definition) is 5. The number of nitrogens with zero attached hydrogens (tertiary/aromatic N) is 2. The molecule has 4 aromatic rings. The van der Waals surface area contributed by atoms with Crippen molar-refractivity contribution in [2.75, 3.05) is 6.54 Å². The van der Waals surface area contributed by atoms with Crippen LogP contribution in [0, 0.1) is 6.92 Å². The van der Waals surface area contributed by atoms with Gasteiger partial charge in [-0.15, -0.1) is 0 Å². The maximum Gasteiger partial charge on any atom is 0.255 e. The van der Waals surface area contributed by atoms with E-state index in [1.807, 2.05) is 91.9 Å². The van der Waals surface area contributed by atoms with Crippen molar-refractivity contribution in [2.24, 2.45) is 5.10 Å². The van der Waals surface area contributed by atoms with E-state index in [9.17, 15) is 13.2 Å². The molecule has 7 nitrogen and oxygen atoms in total. The Hall–Kier alpha value is -4.27. The molecule has 0 aliphatic rings. The van der Waals surface area contributed by atoms with Gasteiger partial charge in [-0.1, -0.05) is 90.5 Å². The highest BCUT2D eigenvalue weighted by atomic mass is 32.2. The van der Waals surface area contributed by atoms with Crippen molar-refractivity contribution >= 4 is 22.1 Å². The molecule has 38 heavy (non-hydrogen) atoms. The summed E-state index contributed by atoms with van der Waals surface area (Å²) in [5.74, 6) is 0.0533. The Morgan fingerprint density at radius 3 is 2.13 bits per heavy atom. The van der Waals surface area contributed by atoms with E-state index >= 15 is 0 Å². The topological polar surface area (TPSA) is 88.1 Å². The maximum absolute atomic E-state index is 13.4. The lowest BCUT2D eigenvalue weighted by Crippen LogP contribution is -2.39. The first-order valence-corrected chi connectivity index (χ1v) is 13.5. The van der Waals surface area contributed by atoms with Crippen LogP contribution in [0.3, 0.4) is 0 Å². The van der Waals surface area contributed by atoms with Crippen molar-refractivity contribution in [3.05, 3.63) is 131 Å². The third-order valence-corrected chi connectivity index (χ3v) is 7.54. The average molecular weight is 528 g/mol. The summed E-state index contributed by atoms with van der Waals surface area (Å²) in [6.45, 7) is 1.93. The Labute approximate surface area is 223 Å². The number of nitrogens with one attached hydrogen (secondary N) is 1. The van der Waals surface area contributed by atoms with Gasteiger partial charge in [-0.3, -0.25) is 4.79 Å². The molecule has 4 aromatic carbocycles. The summed E-state index contributed by atoms with van der Waals surface area (Å²) < 4.78 is 33.9. The smallest absolute Gasteiger partial charge is 0.255 e. The van der Waals surface area contributed by atoms with Crippen LogP contribution >= 0.6 is 0 Å². The van der Waals surface area contributed by atoms with E-state index in [-0.39, 0.29) is 11.4 Å². The summed E-state index contributed by atoms with van der Waals surface area (Å²) in [6, 6.07) is 32.8. The van der Waals surface area contributed by atoms with Gasteiger partial charge in [0.25, 0.3) is 5.91 Å². The van der Waals surface area contributed by atoms with Crippen molar-refractivity contribution in [2.45, 2.75) is 25.0 Å². The second-order valence-electron chi connectivity index (χ2n) is 8.68. The van der Waals surface area contributed by atoms with Crippen molar-refractivity contribution in [1.29, 1.82) is 0 Å². The van der Waals surface area contributed by atoms with Crippen molar-refractivity contribution in [3.63, 3.8) is 0 Å². The summed E-state index contributed by atoms with van der Waals surface area (Å²) in [7, 11) is -3.93. The lowest BCUT2D eigenvalue weighted by Gasteiger charge is -2.21. The summed E-state index contributed by atoms with van der Waals surface area (Å²) in [4.78, 5) is 12.9. The van der Waals surface area contributed by atoms with Gasteiger partial charge in [-0.25, -0.2) is 13.8 Å². The fourth-order valence-corrected chi connectivity index (χ4v) is 5.08. The Morgan fingerprint density at radius 2 is 1.45 bits per heavy atom. The van der Waals surface area contributed by atoms with E-state index in [0.29, 0.717) is 17.9 Å². The summed E-state index contributed by atoms with van der Waals surface area (Å²) in [5.41, 5.74) is 5.87. The quantitative estimate of drug-likeness (QED) is 0.222. The lowest BCUT2D eigenvalue weighted by atomic mass is 10.2. The van der Waals surface area contributed by atoms with Crippen LogP contribution in [0.1, 0.15) is 22.3 Å². The number of hydrazone groups is 1. The molecule has 0 atom stereocenters. The number of ether oxygens (including phenoxy) is 1. The standard InChI is InChI=1S/C30H29N3O4S/c1-24-16-18-28(19-17-24)38(35,36)33(21-25-10-4-2-5-11-25)22-30(34)32-31-20-27-14-8-9-15-29(27)37-23-26-12-6-3-7-13-26/h2-20H,21-23H2,1H3,(H,32,34)/b31-20-. The lowest BCUT2D eigenvalue weighted by molar-refractivity contribution is -0.121. The monoisotopic (exact) mass is 527 g/mol. The number of amides is 1. The number of para-hydroxylation sites is 1. The third kappa shape index (κ3) is 7.38. The molecule has 0 aliphatic heterocycles. The van der Waals surface area contributed by atoms with Gasteiger partial charge in [0.05, 0.1) is 17.7 Å². The van der Waals surface area contributed by atoms with Crippen molar-refractivity contribution in [3.8, 4) is 5.75 Å². The van der Waals surface area contributed by atoms with Gasteiger partial charge < -0.3 is 4.74 Å². The van der Waals surface area contributed by atoms with E-state index in [0.717, 1.165) is 21.0 Å². The first kappa shape index (κ1) is 26.8. The number of aryl methyl sites for hydroxylation is 1. The van der Waals surface area contributed by atoms with Crippen molar-refractivity contribution in [1.82, 2.24) is 9.73 Å². The molecule has 0 radical (unpaired) electrons. The van der Waals surface area contributed by atoms with E-state index in [1.165, 1.54) is 6.21 Å². The minimum atomic E-state index is -3.93. The van der Waals surface area contributed by atoms with Crippen molar-refractivity contribution < 1.29 is 17.9 Å². The van der Waals surface area contributed by atoms with Crippen LogP contribution < -0.4 is 10.2 Å². The number of benzene rings is 4. The highest BCUT2D eigenvalue weighted by Gasteiger charge is 2.26. The molecule has 0 spiro atoms. The van der Waals surface area contributed by atoms with E-state index in [1.54, 1.807) is 24.3 Å². The van der Waals surface area contributed by atoms with Gasteiger partial charge in [0.15, 0.2) is 0 Å². The highest BCUT2D eigenvalue weighted by molar-refractivity contribution is 7.89. The molecule has 0 aromatic heterocycles. The molecular weight excluding hydrogens is 498 g/mol. The molecule has 0 heterocycles. The Bertz CT molecular complexity index is 1470. The Kier molecular flexibility index (Phi) is 9.02. The normalized spacial score (nSPS) is 11.5. The number of rotatable bonds is 11. The molecule has 4 rings (SSSR count). The molecule has 1 amide bonds. The first-order chi connectivity index (χ1) is 18.4. The fraction of sp³-hybridized carbons (Fsp3) is 0.133. The van der Waals surface area contributed by atoms with Crippen LogP contribution in [-0.2, 0) is 28.0 Å². The van der Waals surface area contributed by atoms with Gasteiger partial charge in [0.2, 0.25) is 10.0 Å². The minimum Gasteiger partial charge on any atom is -0.488 e. The maximum atomic E-state index is 13.4. The van der Waals surface area contributed by atoms with Crippen LogP contribution in [0.4, 0.5) is 0 Å². The van der Waals surface area contributed by atoms with Gasteiger partial charge in [0.1, 0.15) is 12.4 Å². The molecule has 8 heteroatoms. The van der Waals surface area contributed by atoms with Crippen LogP contribution in [0.15, 0.2) is 119 Å². The predicted molar refractivity (Wildman–Crippen MR) is 148 cm³/mol. The van der Waals surface area contributed by atoms with Gasteiger partial charge in [-0.05, 0) is 42.3 Å². The zero-order valence-electron chi connectivity index (χ0n) is 21.0. The number of carbonyl (C=O) groups excluding carboxylic acids is 1. The molecule has 194 valence electrons. The Balaban J connectivity index is 1.45.